The van der Waals surface area contributed by atoms with E-state index in [0.29, 0.717) is 13.0 Å². The lowest BCUT2D eigenvalue weighted by Gasteiger charge is -2.40. The second-order valence-electron chi connectivity index (χ2n) is 6.92. The summed E-state index contributed by atoms with van der Waals surface area (Å²) < 4.78 is 6.77. The van der Waals surface area contributed by atoms with Crippen LogP contribution in [0.5, 0.6) is 0 Å². The number of aliphatic hydroxyl groups excluding tert-OH is 4. The summed E-state index contributed by atoms with van der Waals surface area (Å²) in [6, 6.07) is 1.40. The predicted octanol–water partition coefficient (Wildman–Crippen LogP) is -2.29. The molecule has 2 rings (SSSR count). The molecule has 1 aromatic heterocycles. The van der Waals surface area contributed by atoms with Gasteiger partial charge < -0.3 is 45.3 Å². The Morgan fingerprint density at radius 2 is 2.00 bits per heavy atom. The molecule has 2 heterocycles. The standard InChI is InChI=1S/C17H28N4O7/c1-20(2)5-3-4-18-16(27)11-6-10(19-9-23)7-21(11)17-15(26)14(25)13(24)12(8-22)28-17/h6-7,9,12-15,17,22,24-26H,3-5,8H2,1-2H3,(H,18,27)(H,19,23)/t12-,13-,14-,15-,17+/m1/s1. The Balaban J connectivity index is 2.24. The lowest BCUT2D eigenvalue weighted by Crippen LogP contribution is -2.56. The van der Waals surface area contributed by atoms with Gasteiger partial charge in [-0.3, -0.25) is 9.59 Å². The number of anilines is 1. The number of ether oxygens (including phenoxy) is 1. The second kappa shape index (κ2) is 9.96. The van der Waals surface area contributed by atoms with Crippen LogP contribution in [-0.4, -0.2) is 100 Å². The van der Waals surface area contributed by atoms with E-state index in [4.69, 9.17) is 4.74 Å². The maximum atomic E-state index is 12.6. The third kappa shape index (κ3) is 5.07. The number of amides is 2. The number of hydrogen-bond acceptors (Lipinski definition) is 8. The van der Waals surface area contributed by atoms with Crippen LogP contribution in [0.2, 0.25) is 0 Å². The molecule has 28 heavy (non-hydrogen) atoms. The van der Waals surface area contributed by atoms with Crippen LogP contribution in [0.15, 0.2) is 12.3 Å². The zero-order valence-corrected chi connectivity index (χ0v) is 15.9. The topological polar surface area (TPSA) is 157 Å². The van der Waals surface area contributed by atoms with Gasteiger partial charge in [-0.05, 0) is 33.1 Å². The van der Waals surface area contributed by atoms with Gasteiger partial charge in [0.25, 0.3) is 5.91 Å². The third-order valence-corrected chi connectivity index (χ3v) is 4.52. The molecule has 1 saturated heterocycles. The van der Waals surface area contributed by atoms with Gasteiger partial charge in [0.1, 0.15) is 30.1 Å². The zero-order valence-electron chi connectivity index (χ0n) is 15.9. The molecule has 1 aliphatic rings. The van der Waals surface area contributed by atoms with Crippen molar-refractivity contribution in [3.8, 4) is 0 Å². The zero-order chi connectivity index (χ0) is 20.8. The molecule has 2 amide bonds. The SMILES string of the molecule is CN(C)CCCNC(=O)c1cc(NC=O)cn1[C@H]1O[C@H](CO)[C@@H](O)[C@@H](O)[C@H]1O. The number of carbonyl (C=O) groups excluding carboxylic acids is 2. The lowest BCUT2D eigenvalue weighted by atomic mass is 9.98. The van der Waals surface area contributed by atoms with Gasteiger partial charge in [-0.15, -0.1) is 0 Å². The van der Waals surface area contributed by atoms with Crippen LogP contribution in [0, 0.1) is 0 Å². The Kier molecular flexibility index (Phi) is 7.92. The van der Waals surface area contributed by atoms with E-state index in [9.17, 15) is 30.0 Å². The normalized spacial score (nSPS) is 27.6. The van der Waals surface area contributed by atoms with Crippen molar-refractivity contribution in [1.82, 2.24) is 14.8 Å². The van der Waals surface area contributed by atoms with E-state index in [-0.39, 0.29) is 11.4 Å². The first-order valence-electron chi connectivity index (χ1n) is 8.95. The van der Waals surface area contributed by atoms with Crippen LogP contribution in [-0.2, 0) is 9.53 Å². The van der Waals surface area contributed by atoms with Gasteiger partial charge in [0.2, 0.25) is 6.41 Å². The number of rotatable bonds is 9. The quantitative estimate of drug-likeness (QED) is 0.200. The maximum Gasteiger partial charge on any atom is 0.268 e. The molecule has 1 fully saturated rings. The van der Waals surface area contributed by atoms with Crippen molar-refractivity contribution in [2.24, 2.45) is 0 Å². The van der Waals surface area contributed by atoms with Crippen molar-refractivity contribution in [2.45, 2.75) is 37.1 Å². The van der Waals surface area contributed by atoms with Gasteiger partial charge in [-0.2, -0.15) is 0 Å². The Hall–Kier alpha value is -2.02. The molecule has 5 atom stereocenters. The first-order valence-corrected chi connectivity index (χ1v) is 8.95. The third-order valence-electron chi connectivity index (χ3n) is 4.52. The van der Waals surface area contributed by atoms with Gasteiger partial charge >= 0.3 is 0 Å². The molecule has 0 spiro atoms. The van der Waals surface area contributed by atoms with E-state index in [0.717, 1.165) is 13.0 Å². The molecule has 0 unspecified atom stereocenters. The van der Waals surface area contributed by atoms with Crippen molar-refractivity contribution in [3.05, 3.63) is 18.0 Å². The lowest BCUT2D eigenvalue weighted by molar-refractivity contribution is -0.251. The molecule has 11 nitrogen and oxygen atoms in total. The van der Waals surface area contributed by atoms with Crippen molar-refractivity contribution >= 4 is 18.0 Å². The highest BCUT2D eigenvalue weighted by Gasteiger charge is 2.45. The number of carbonyl (C=O) groups is 2. The molecule has 0 bridgehead atoms. The number of aliphatic hydroxyl groups is 4. The Labute approximate surface area is 162 Å². The summed E-state index contributed by atoms with van der Waals surface area (Å²) in [6.45, 7) is 0.605. The minimum atomic E-state index is -1.59. The number of nitrogens with zero attached hydrogens (tertiary/aromatic N) is 2. The van der Waals surface area contributed by atoms with Crippen molar-refractivity contribution < 1.29 is 34.8 Å². The smallest absolute Gasteiger partial charge is 0.268 e. The highest BCUT2D eigenvalue weighted by Crippen LogP contribution is 2.31. The van der Waals surface area contributed by atoms with Crippen molar-refractivity contribution in [1.29, 1.82) is 0 Å². The number of hydrogen-bond donors (Lipinski definition) is 6. The molecule has 0 aliphatic carbocycles. The molecular weight excluding hydrogens is 372 g/mol. The van der Waals surface area contributed by atoms with Gasteiger partial charge in [-0.25, -0.2) is 0 Å². The van der Waals surface area contributed by atoms with Crippen LogP contribution in [0.3, 0.4) is 0 Å². The fourth-order valence-corrected chi connectivity index (χ4v) is 3.02. The van der Waals surface area contributed by atoms with E-state index in [1.54, 1.807) is 0 Å². The van der Waals surface area contributed by atoms with E-state index >= 15 is 0 Å². The Morgan fingerprint density at radius 1 is 1.29 bits per heavy atom. The fourth-order valence-electron chi connectivity index (χ4n) is 3.02. The molecule has 1 aliphatic heterocycles. The molecule has 0 aromatic carbocycles. The summed E-state index contributed by atoms with van der Waals surface area (Å²) in [5.41, 5.74) is 0.365. The summed E-state index contributed by atoms with van der Waals surface area (Å²) >= 11 is 0. The van der Waals surface area contributed by atoms with Gasteiger partial charge in [0.05, 0.1) is 12.3 Å². The second-order valence-corrected chi connectivity index (χ2v) is 6.92. The molecule has 0 saturated carbocycles. The van der Waals surface area contributed by atoms with Crippen molar-refractivity contribution in [2.75, 3.05) is 39.1 Å². The van der Waals surface area contributed by atoms with E-state index in [2.05, 4.69) is 10.6 Å². The minimum absolute atomic E-state index is 0.0820. The number of aromatic nitrogens is 1. The average molecular weight is 400 g/mol. The average Bonchev–Trinajstić information content (AvgIpc) is 3.07. The summed E-state index contributed by atoms with van der Waals surface area (Å²) in [4.78, 5) is 25.4. The first-order chi connectivity index (χ1) is 13.3. The molecule has 11 heteroatoms. The van der Waals surface area contributed by atoms with Crippen LogP contribution >= 0.6 is 0 Å². The van der Waals surface area contributed by atoms with Crippen LogP contribution in [0.1, 0.15) is 23.1 Å². The van der Waals surface area contributed by atoms with Crippen LogP contribution in [0.25, 0.3) is 0 Å². The summed E-state index contributed by atoms with van der Waals surface area (Å²) in [6.07, 6.45) is -4.50. The monoisotopic (exact) mass is 400 g/mol. The van der Waals surface area contributed by atoms with Crippen LogP contribution in [0.4, 0.5) is 5.69 Å². The number of nitrogens with one attached hydrogen (secondary N) is 2. The maximum absolute atomic E-state index is 12.6. The highest BCUT2D eigenvalue weighted by molar-refractivity contribution is 5.94. The summed E-state index contributed by atoms with van der Waals surface area (Å²) in [5.74, 6) is -0.463. The first kappa shape index (κ1) is 22.3. The summed E-state index contributed by atoms with van der Waals surface area (Å²) in [7, 11) is 3.84. The van der Waals surface area contributed by atoms with E-state index < -0.39 is 43.2 Å². The summed E-state index contributed by atoms with van der Waals surface area (Å²) in [5, 5.41) is 44.8. The van der Waals surface area contributed by atoms with Crippen molar-refractivity contribution in [3.63, 3.8) is 0 Å². The molecule has 6 N–H and O–H groups in total. The van der Waals surface area contributed by atoms with Gasteiger partial charge in [-0.1, -0.05) is 0 Å². The Morgan fingerprint density at radius 3 is 2.61 bits per heavy atom. The predicted molar refractivity (Wildman–Crippen MR) is 98.6 cm³/mol. The highest BCUT2D eigenvalue weighted by atomic mass is 16.6. The molecular formula is C17H28N4O7. The molecule has 0 radical (unpaired) electrons. The minimum Gasteiger partial charge on any atom is -0.394 e. The molecule has 158 valence electrons. The van der Waals surface area contributed by atoms with E-state index in [1.165, 1.54) is 16.8 Å². The molecule has 1 aromatic rings. The van der Waals surface area contributed by atoms with Crippen LogP contribution < -0.4 is 10.6 Å². The van der Waals surface area contributed by atoms with E-state index in [1.807, 2.05) is 19.0 Å². The van der Waals surface area contributed by atoms with Gasteiger partial charge in [0.15, 0.2) is 6.23 Å². The fraction of sp³-hybridized carbons (Fsp3) is 0.647. The largest absolute Gasteiger partial charge is 0.394 e. The Bertz CT molecular complexity index is 664. The van der Waals surface area contributed by atoms with Gasteiger partial charge in [0, 0.05) is 12.7 Å².